The van der Waals surface area contributed by atoms with Crippen molar-refractivity contribution < 1.29 is 91.1 Å². The number of carboxylic acid groups (broad SMARTS) is 1. The lowest BCUT2D eigenvalue weighted by molar-refractivity contribution is -0.173. The fraction of sp³-hybridized carbons (Fsp3) is 0.802. The van der Waals surface area contributed by atoms with E-state index in [0.717, 1.165) is 244 Å². The average molecular weight is 1680 g/mol. The van der Waals surface area contributed by atoms with Crippen molar-refractivity contribution >= 4 is 49.5 Å². The number of carbonyl (C=O) groups excluding carboxylic acids is 6. The van der Waals surface area contributed by atoms with Gasteiger partial charge in [-0.05, 0) is 81.8 Å². The molecule has 2 aromatic rings. The second-order valence-electron chi connectivity index (χ2n) is 33.3. The number of amides is 2. The summed E-state index contributed by atoms with van der Waals surface area (Å²) in [6.45, 7) is 11.1. The van der Waals surface area contributed by atoms with E-state index in [-0.39, 0.29) is 38.5 Å². The van der Waals surface area contributed by atoms with E-state index in [4.69, 9.17) is 32.5 Å². The van der Waals surface area contributed by atoms with E-state index in [1.54, 1.807) is 60.7 Å². The molecule has 0 aliphatic carbocycles. The monoisotopic (exact) mass is 1680 g/mol. The van der Waals surface area contributed by atoms with Crippen LogP contribution in [0.15, 0.2) is 60.7 Å². The molecule has 0 aromatic heterocycles. The third-order valence-electron chi connectivity index (χ3n) is 22.3. The third kappa shape index (κ3) is 58.7. The molecule has 2 rings (SSSR count). The number of carbonyl (C=O) groups is 7. The molecule has 118 heavy (non-hydrogen) atoms. The maximum Gasteiger partial charge on any atom is 0.475 e. The Hall–Kier alpha value is -5.28. The van der Waals surface area contributed by atoms with E-state index in [2.05, 4.69) is 52.2 Å². The van der Waals surface area contributed by atoms with Crippen LogP contribution in [0.4, 0.5) is 0 Å². The Labute approximate surface area is 714 Å². The highest BCUT2D eigenvalue weighted by Gasteiger charge is 2.47. The van der Waals surface area contributed by atoms with Gasteiger partial charge in [-0.3, -0.25) is 42.3 Å². The van der Waals surface area contributed by atoms with Gasteiger partial charge in [0.2, 0.25) is 11.8 Å². The van der Waals surface area contributed by atoms with Gasteiger partial charge in [-0.2, -0.15) is 0 Å². The maximum absolute atomic E-state index is 15.7. The first-order valence-electron chi connectivity index (χ1n) is 47.6. The molecule has 0 aliphatic rings. The van der Waals surface area contributed by atoms with Crippen molar-refractivity contribution in [3.05, 3.63) is 71.8 Å². The Morgan fingerprint density at radius 1 is 0.339 bits per heavy atom. The highest BCUT2D eigenvalue weighted by Crippen LogP contribution is 2.53. The lowest BCUT2D eigenvalue weighted by atomic mass is 9.92. The topological polar surface area (TPSA) is 306 Å². The van der Waals surface area contributed by atoms with Gasteiger partial charge in [0.1, 0.15) is 36.6 Å². The van der Waals surface area contributed by atoms with Crippen molar-refractivity contribution in [1.82, 2.24) is 10.6 Å². The predicted octanol–water partition coefficient (Wildman–Crippen LogP) is 23.5. The number of hydrogen-bond donors (Lipinski definition) is 6. The van der Waals surface area contributed by atoms with E-state index in [1.807, 2.05) is 0 Å². The molecule has 22 heteroatoms. The summed E-state index contributed by atoms with van der Waals surface area (Å²) in [5.41, 5.74) is 1.04. The van der Waals surface area contributed by atoms with Crippen LogP contribution in [0.1, 0.15) is 431 Å². The molecule has 0 spiro atoms. The summed E-state index contributed by atoms with van der Waals surface area (Å²) < 4.78 is 59.3. The molecule has 9 atom stereocenters. The minimum absolute atomic E-state index is 0.0962. The number of phosphoric ester groups is 1. The minimum atomic E-state index is -5.11. The number of aliphatic carboxylic acids is 1. The molecule has 0 heterocycles. The van der Waals surface area contributed by atoms with Crippen molar-refractivity contribution in [2.45, 2.75) is 488 Å². The summed E-state index contributed by atoms with van der Waals surface area (Å²) >= 11 is 0. The largest absolute Gasteiger partial charge is 0.480 e. The van der Waals surface area contributed by atoms with Gasteiger partial charge >= 0.3 is 37.7 Å². The van der Waals surface area contributed by atoms with Gasteiger partial charge < -0.3 is 50.0 Å². The Morgan fingerprint density at radius 3 is 0.949 bits per heavy atom. The number of carboxylic acids is 1. The molecule has 0 saturated carbocycles. The number of phosphoric acid groups is 1. The number of rotatable bonds is 83. The molecule has 2 amide bonds. The molecular weight excluding hydrogens is 1520 g/mol. The van der Waals surface area contributed by atoms with E-state index < -0.39 is 150 Å². The van der Waals surface area contributed by atoms with E-state index in [9.17, 15) is 44.4 Å². The molecule has 0 radical (unpaired) electrons. The summed E-state index contributed by atoms with van der Waals surface area (Å²) in [5, 5.41) is 53.2. The van der Waals surface area contributed by atoms with Gasteiger partial charge in [-0.1, -0.05) is 372 Å². The zero-order chi connectivity index (χ0) is 86.2. The average Bonchev–Trinajstić information content (AvgIpc) is 0.803. The second-order valence-corrected chi connectivity index (χ2v) is 35.0. The van der Waals surface area contributed by atoms with Crippen molar-refractivity contribution in [1.29, 1.82) is 0 Å². The molecule has 0 unspecified atom stereocenters. The van der Waals surface area contributed by atoms with Crippen molar-refractivity contribution in [2.24, 2.45) is 0 Å². The number of aliphatic hydroxyl groups excluding tert-OH is 3. The fourth-order valence-corrected chi connectivity index (χ4v) is 16.4. The first-order valence-corrected chi connectivity index (χ1v) is 49.0. The van der Waals surface area contributed by atoms with Crippen molar-refractivity contribution in [3.63, 3.8) is 0 Å². The molecule has 2 aromatic carbocycles. The predicted molar refractivity (Wildman–Crippen MR) is 472 cm³/mol. The van der Waals surface area contributed by atoms with Gasteiger partial charge in [0, 0.05) is 19.3 Å². The third-order valence-corrected chi connectivity index (χ3v) is 23.7. The molecule has 0 bridgehead atoms. The molecule has 21 nitrogen and oxygen atoms in total. The van der Waals surface area contributed by atoms with Gasteiger partial charge in [0.15, 0.2) is 6.10 Å². The fourth-order valence-electron chi connectivity index (χ4n) is 15.0. The SMILES string of the molecule is CCCCCCCCCCC[C@H](CC(=O)N[C@H]([C@@H](OC(=O)C[C@@H](CCCCCCCCCCC)OC(=O)CCCCCCCCC)[C@H](OP(=O)(OCc1ccccc1)OCc1ccccc1)[C@H](O)CO)[C@@H](O)CC[C@H](NC(=O)C[C@@H](CCCCCCCCCCC)OC(=O)CCCCCCCCC)C(=O)O)OC(=O)CCCCCCCCC. The first kappa shape index (κ1) is 109. The number of aliphatic hydroxyl groups is 3. The number of nitrogens with one attached hydrogen (secondary N) is 2. The highest BCUT2D eigenvalue weighted by atomic mass is 31.2. The van der Waals surface area contributed by atoms with Gasteiger partial charge in [-0.15, -0.1) is 0 Å². The number of hydrogen-bond acceptors (Lipinski definition) is 18. The van der Waals surface area contributed by atoms with Crippen LogP contribution in [0, 0.1) is 0 Å². The van der Waals surface area contributed by atoms with Crippen LogP contribution in [0.2, 0.25) is 0 Å². The van der Waals surface area contributed by atoms with Crippen LogP contribution in [-0.2, 0) is 83.9 Å². The summed E-state index contributed by atoms with van der Waals surface area (Å²) in [5.74, 6) is -5.60. The van der Waals surface area contributed by atoms with Crippen LogP contribution < -0.4 is 10.6 Å². The lowest BCUT2D eigenvalue weighted by Crippen LogP contribution is -2.60. The van der Waals surface area contributed by atoms with Crippen molar-refractivity contribution in [3.8, 4) is 0 Å². The molecular formula is C96H167N2O19P. The van der Waals surface area contributed by atoms with Crippen LogP contribution >= 0.6 is 7.82 Å². The summed E-state index contributed by atoms with van der Waals surface area (Å²) in [6, 6.07) is 13.6. The van der Waals surface area contributed by atoms with Gasteiger partial charge in [0.05, 0.1) is 51.2 Å². The Morgan fingerprint density at radius 2 is 0.636 bits per heavy atom. The smallest absolute Gasteiger partial charge is 0.475 e. The molecule has 0 saturated heterocycles. The number of ether oxygens (including phenoxy) is 4. The van der Waals surface area contributed by atoms with Crippen LogP contribution in [-0.4, -0.2) is 124 Å². The molecule has 0 aliphatic heterocycles. The lowest BCUT2D eigenvalue weighted by Gasteiger charge is -2.38. The summed E-state index contributed by atoms with van der Waals surface area (Å²) in [6.07, 6.45) is 34.9. The van der Waals surface area contributed by atoms with Crippen LogP contribution in [0.5, 0.6) is 0 Å². The summed E-state index contributed by atoms with van der Waals surface area (Å²) in [4.78, 5) is 100.0. The Balaban J connectivity index is 2.97. The van der Waals surface area contributed by atoms with Crippen molar-refractivity contribution in [2.75, 3.05) is 6.61 Å². The zero-order valence-electron chi connectivity index (χ0n) is 74.7. The number of benzene rings is 2. The minimum Gasteiger partial charge on any atom is -0.480 e. The molecule has 0 fully saturated rings. The normalized spacial score (nSPS) is 14.0. The standard InChI is InChI=1S/C96H167N2O19P/c1-7-13-19-25-31-34-40-43-55-65-81(113-89(104)68-58-46-37-28-22-16-10-4)73-87(102)97-84(96(108)109)71-72-85(100)93(98-88(103)74-82(66-56-44-41-35-32-26-20-14-8-2)114-90(105)69-59-47-38-29-23-17-11-5)95(94(86(101)76-99)117-118(110,111-77-79-61-51-49-52-62-79)112-78-80-63-53-50-54-64-80)116-92(107)75-83(67-57-45-42-36-33-27-21-15-9-3)115-91(106)70-60-48-39-30-24-18-12-6/h49-54,61-64,81-86,93-95,99-101H,7-48,55-60,65-78H2,1-6H3,(H,97,102)(H,98,103)(H,108,109)/t81-,82-,83-,84+,85+,86-,93+,94-,95-/m1/s1. The van der Waals surface area contributed by atoms with Gasteiger partial charge in [-0.25, -0.2) is 9.36 Å². The second kappa shape index (κ2) is 74.4. The van der Waals surface area contributed by atoms with E-state index in [1.165, 1.54) is 25.7 Å². The number of unbranched alkanes of at least 4 members (excludes halogenated alkanes) is 42. The van der Waals surface area contributed by atoms with E-state index in [0.29, 0.717) is 56.1 Å². The Bertz CT molecular complexity index is 2790. The Kier molecular flexibility index (Phi) is 68.5. The molecule has 6 N–H and O–H groups in total. The summed E-state index contributed by atoms with van der Waals surface area (Å²) in [7, 11) is -5.11. The first-order chi connectivity index (χ1) is 57.3. The van der Waals surface area contributed by atoms with Gasteiger partial charge in [0.25, 0.3) is 0 Å². The zero-order valence-corrected chi connectivity index (χ0v) is 75.6. The quantitative estimate of drug-likeness (QED) is 0.0155. The highest BCUT2D eigenvalue weighted by molar-refractivity contribution is 7.48. The maximum atomic E-state index is 15.7. The number of esters is 4. The van der Waals surface area contributed by atoms with Crippen LogP contribution in [0.25, 0.3) is 0 Å². The van der Waals surface area contributed by atoms with E-state index >= 15 is 14.2 Å². The van der Waals surface area contributed by atoms with Crippen LogP contribution in [0.3, 0.4) is 0 Å². The molecule has 680 valence electrons.